The number of hydrogen-bond donors (Lipinski definition) is 1. The molecular formula is C20H20N2OS2. The second kappa shape index (κ2) is 8.32. The lowest BCUT2D eigenvalue weighted by atomic mass is 10.1. The van der Waals surface area contributed by atoms with Crippen LogP contribution in [0, 0.1) is 6.92 Å². The molecule has 0 aliphatic carbocycles. The molecule has 1 amide bonds. The molecule has 0 radical (unpaired) electrons. The Balaban J connectivity index is 1.56. The lowest BCUT2D eigenvalue weighted by molar-refractivity contribution is 0.0951. The number of carbonyl (C=O) groups is 1. The summed E-state index contributed by atoms with van der Waals surface area (Å²) < 4.78 is 0. The maximum atomic E-state index is 12.3. The van der Waals surface area contributed by atoms with E-state index in [-0.39, 0.29) is 5.91 Å². The van der Waals surface area contributed by atoms with Crippen LogP contribution in [0.5, 0.6) is 0 Å². The summed E-state index contributed by atoms with van der Waals surface area (Å²) in [6.07, 6.45) is 2.79. The van der Waals surface area contributed by atoms with E-state index in [1.165, 1.54) is 5.56 Å². The summed E-state index contributed by atoms with van der Waals surface area (Å²) in [6, 6.07) is 16.1. The third-order valence-electron chi connectivity index (χ3n) is 3.92. The molecule has 0 atom stereocenters. The number of amides is 1. The minimum Gasteiger partial charge on any atom is -0.352 e. The quantitative estimate of drug-likeness (QED) is 0.635. The average molecular weight is 369 g/mol. The molecule has 128 valence electrons. The lowest BCUT2D eigenvalue weighted by Gasteiger charge is -2.09. The zero-order chi connectivity index (χ0) is 17.6. The van der Waals surface area contributed by atoms with Gasteiger partial charge in [-0.1, -0.05) is 36.4 Å². The molecule has 0 spiro atoms. The number of nitrogens with zero attached hydrogens (tertiary/aromatic N) is 1. The lowest BCUT2D eigenvalue weighted by Crippen LogP contribution is -2.26. The molecule has 0 saturated carbocycles. The van der Waals surface area contributed by atoms with Crippen molar-refractivity contribution in [3.05, 3.63) is 70.0 Å². The third-order valence-corrected chi connectivity index (χ3v) is 5.49. The number of hydrogen-bond acceptors (Lipinski definition) is 4. The van der Waals surface area contributed by atoms with Crippen LogP contribution in [0.1, 0.15) is 20.9 Å². The number of rotatable bonds is 6. The SMILES string of the molecule is CSc1ccccc1C(=O)NCCc1ccc(-c2csc(C)n2)cc1. The smallest absolute Gasteiger partial charge is 0.252 e. The number of thiazole rings is 1. The minimum absolute atomic E-state index is 0.0143. The molecule has 3 aromatic rings. The summed E-state index contributed by atoms with van der Waals surface area (Å²) >= 11 is 3.25. The summed E-state index contributed by atoms with van der Waals surface area (Å²) in [4.78, 5) is 17.8. The second-order valence-electron chi connectivity index (χ2n) is 5.65. The van der Waals surface area contributed by atoms with E-state index >= 15 is 0 Å². The predicted octanol–water partition coefficient (Wildman–Crippen LogP) is 4.81. The normalized spacial score (nSPS) is 10.6. The van der Waals surface area contributed by atoms with Gasteiger partial charge >= 0.3 is 0 Å². The zero-order valence-corrected chi connectivity index (χ0v) is 15.9. The van der Waals surface area contributed by atoms with Gasteiger partial charge in [0.05, 0.1) is 16.3 Å². The molecule has 25 heavy (non-hydrogen) atoms. The average Bonchev–Trinajstić information content (AvgIpc) is 3.08. The van der Waals surface area contributed by atoms with E-state index in [0.29, 0.717) is 6.54 Å². The number of aryl methyl sites for hydroxylation is 1. The molecule has 5 heteroatoms. The highest BCUT2D eigenvalue weighted by Gasteiger charge is 2.09. The van der Waals surface area contributed by atoms with Gasteiger partial charge in [0, 0.05) is 22.4 Å². The molecule has 1 heterocycles. The van der Waals surface area contributed by atoms with Crippen molar-refractivity contribution in [2.45, 2.75) is 18.2 Å². The van der Waals surface area contributed by atoms with Crippen molar-refractivity contribution in [3.8, 4) is 11.3 Å². The molecule has 3 rings (SSSR count). The molecule has 0 unspecified atom stereocenters. The number of carbonyl (C=O) groups excluding carboxylic acids is 1. The Morgan fingerprint density at radius 3 is 2.60 bits per heavy atom. The van der Waals surface area contributed by atoms with E-state index in [1.807, 2.05) is 37.4 Å². The number of nitrogens with one attached hydrogen (secondary N) is 1. The highest BCUT2D eigenvalue weighted by molar-refractivity contribution is 7.98. The Morgan fingerprint density at radius 2 is 1.92 bits per heavy atom. The highest BCUT2D eigenvalue weighted by Crippen LogP contribution is 2.22. The minimum atomic E-state index is -0.0143. The molecule has 0 bridgehead atoms. The standard InChI is InChI=1S/C20H20N2OS2/c1-14-22-18(13-25-14)16-9-7-15(8-10-16)11-12-21-20(23)17-5-3-4-6-19(17)24-2/h3-10,13H,11-12H2,1-2H3,(H,21,23). The van der Waals surface area contributed by atoms with Crippen LogP contribution in [0.2, 0.25) is 0 Å². The first-order valence-corrected chi connectivity index (χ1v) is 10.2. The Bertz CT molecular complexity index is 856. The zero-order valence-electron chi connectivity index (χ0n) is 14.3. The van der Waals surface area contributed by atoms with Gasteiger partial charge in [0.2, 0.25) is 0 Å². The number of thioether (sulfide) groups is 1. The van der Waals surface area contributed by atoms with Gasteiger partial charge in [-0.05, 0) is 37.3 Å². The molecule has 3 nitrogen and oxygen atoms in total. The topological polar surface area (TPSA) is 42.0 Å². The van der Waals surface area contributed by atoms with Gasteiger partial charge in [-0.25, -0.2) is 4.98 Å². The monoisotopic (exact) mass is 368 g/mol. The van der Waals surface area contributed by atoms with E-state index in [4.69, 9.17) is 0 Å². The van der Waals surface area contributed by atoms with E-state index in [0.717, 1.165) is 33.1 Å². The molecule has 0 saturated heterocycles. The maximum Gasteiger partial charge on any atom is 0.252 e. The molecule has 0 aliphatic rings. The van der Waals surface area contributed by atoms with E-state index in [9.17, 15) is 4.79 Å². The van der Waals surface area contributed by atoms with E-state index in [1.54, 1.807) is 23.1 Å². The van der Waals surface area contributed by atoms with Crippen LogP contribution in [0.25, 0.3) is 11.3 Å². The predicted molar refractivity (Wildman–Crippen MR) is 107 cm³/mol. The Morgan fingerprint density at radius 1 is 1.16 bits per heavy atom. The Kier molecular flexibility index (Phi) is 5.89. The first-order valence-electron chi connectivity index (χ1n) is 8.10. The van der Waals surface area contributed by atoms with Crippen LogP contribution < -0.4 is 5.32 Å². The van der Waals surface area contributed by atoms with Gasteiger partial charge in [-0.2, -0.15) is 0 Å². The van der Waals surface area contributed by atoms with Crippen LogP contribution >= 0.6 is 23.1 Å². The number of aromatic nitrogens is 1. The van der Waals surface area contributed by atoms with Crippen LogP contribution in [-0.2, 0) is 6.42 Å². The van der Waals surface area contributed by atoms with Crippen molar-refractivity contribution in [3.63, 3.8) is 0 Å². The highest BCUT2D eigenvalue weighted by atomic mass is 32.2. The Labute approximate surface area is 156 Å². The summed E-state index contributed by atoms with van der Waals surface area (Å²) in [5.41, 5.74) is 4.10. The molecule has 1 N–H and O–H groups in total. The van der Waals surface area contributed by atoms with Gasteiger partial charge in [0.15, 0.2) is 0 Å². The second-order valence-corrected chi connectivity index (χ2v) is 7.57. The van der Waals surface area contributed by atoms with Crippen molar-refractivity contribution in [1.82, 2.24) is 10.3 Å². The van der Waals surface area contributed by atoms with E-state index < -0.39 is 0 Å². The van der Waals surface area contributed by atoms with E-state index in [2.05, 4.69) is 39.9 Å². The third kappa shape index (κ3) is 4.50. The maximum absolute atomic E-state index is 12.3. The fraction of sp³-hybridized carbons (Fsp3) is 0.200. The number of benzene rings is 2. The molecule has 2 aromatic carbocycles. The van der Waals surface area contributed by atoms with Crippen LogP contribution in [0.15, 0.2) is 58.8 Å². The molecule has 0 aliphatic heterocycles. The van der Waals surface area contributed by atoms with Gasteiger partial charge in [0.25, 0.3) is 5.91 Å². The van der Waals surface area contributed by atoms with Crippen molar-refractivity contribution in [2.75, 3.05) is 12.8 Å². The summed E-state index contributed by atoms with van der Waals surface area (Å²) in [5.74, 6) is -0.0143. The van der Waals surface area contributed by atoms with Gasteiger partial charge < -0.3 is 5.32 Å². The van der Waals surface area contributed by atoms with Crippen molar-refractivity contribution < 1.29 is 4.79 Å². The summed E-state index contributed by atoms with van der Waals surface area (Å²) in [5, 5.41) is 6.16. The summed E-state index contributed by atoms with van der Waals surface area (Å²) in [6.45, 7) is 2.64. The van der Waals surface area contributed by atoms with Crippen LogP contribution in [0.4, 0.5) is 0 Å². The van der Waals surface area contributed by atoms with Gasteiger partial charge in [-0.3, -0.25) is 4.79 Å². The molecular weight excluding hydrogens is 348 g/mol. The molecule has 1 aromatic heterocycles. The van der Waals surface area contributed by atoms with Crippen molar-refractivity contribution in [1.29, 1.82) is 0 Å². The van der Waals surface area contributed by atoms with Crippen molar-refractivity contribution >= 4 is 29.0 Å². The Hall–Kier alpha value is -2.11. The first-order chi connectivity index (χ1) is 12.2. The largest absolute Gasteiger partial charge is 0.352 e. The molecule has 0 fully saturated rings. The first kappa shape index (κ1) is 17.7. The van der Waals surface area contributed by atoms with Crippen molar-refractivity contribution in [2.24, 2.45) is 0 Å². The van der Waals surface area contributed by atoms with Gasteiger partial charge in [0.1, 0.15) is 0 Å². The fourth-order valence-corrected chi connectivity index (χ4v) is 3.80. The van der Waals surface area contributed by atoms with Crippen LogP contribution in [-0.4, -0.2) is 23.7 Å². The van der Waals surface area contributed by atoms with Gasteiger partial charge in [-0.15, -0.1) is 23.1 Å². The summed E-state index contributed by atoms with van der Waals surface area (Å²) in [7, 11) is 0. The fourth-order valence-electron chi connectivity index (χ4n) is 2.59. The van der Waals surface area contributed by atoms with Crippen LogP contribution in [0.3, 0.4) is 0 Å².